The molecule has 12 heavy (non-hydrogen) atoms. The average Bonchev–Trinajstić information content (AvgIpc) is 2.16. The van der Waals surface area contributed by atoms with Gasteiger partial charge >= 0.3 is 0 Å². The van der Waals surface area contributed by atoms with Crippen LogP contribution in [0, 0.1) is 0 Å². The average molecular weight is 162 g/mol. The van der Waals surface area contributed by atoms with Crippen molar-refractivity contribution in [2.24, 2.45) is 0 Å². The number of hydrogen-bond acceptors (Lipinski definition) is 2. The van der Waals surface area contributed by atoms with Crippen LogP contribution in [0.1, 0.15) is 33.2 Å². The molecular formula is C10H10O2. The van der Waals surface area contributed by atoms with Crippen LogP contribution in [0.4, 0.5) is 0 Å². The SMILES string of the molecule is CCc1ccc(C=O)c(C=O)c1. The lowest BCUT2D eigenvalue weighted by molar-refractivity contribution is 0.109. The Morgan fingerprint density at radius 1 is 1.17 bits per heavy atom. The zero-order chi connectivity index (χ0) is 8.97. The van der Waals surface area contributed by atoms with E-state index in [1.807, 2.05) is 13.0 Å². The molecule has 0 spiro atoms. The van der Waals surface area contributed by atoms with Gasteiger partial charge in [-0.25, -0.2) is 0 Å². The van der Waals surface area contributed by atoms with E-state index in [4.69, 9.17) is 0 Å². The number of benzene rings is 1. The van der Waals surface area contributed by atoms with Gasteiger partial charge in [0.2, 0.25) is 0 Å². The van der Waals surface area contributed by atoms with Gasteiger partial charge in [0.1, 0.15) is 0 Å². The molecule has 0 N–H and O–H groups in total. The third-order valence-corrected chi connectivity index (χ3v) is 1.81. The van der Waals surface area contributed by atoms with Crippen molar-refractivity contribution in [2.45, 2.75) is 13.3 Å². The topological polar surface area (TPSA) is 34.1 Å². The third kappa shape index (κ3) is 1.59. The minimum Gasteiger partial charge on any atom is -0.298 e. The second-order valence-corrected chi connectivity index (χ2v) is 2.55. The van der Waals surface area contributed by atoms with E-state index in [0.29, 0.717) is 23.7 Å². The number of aryl methyl sites for hydroxylation is 1. The maximum Gasteiger partial charge on any atom is 0.150 e. The summed E-state index contributed by atoms with van der Waals surface area (Å²) >= 11 is 0. The second-order valence-electron chi connectivity index (χ2n) is 2.55. The van der Waals surface area contributed by atoms with Gasteiger partial charge in [-0.1, -0.05) is 19.1 Å². The summed E-state index contributed by atoms with van der Waals surface area (Å²) in [5.41, 5.74) is 2.01. The third-order valence-electron chi connectivity index (χ3n) is 1.81. The first-order valence-corrected chi connectivity index (χ1v) is 3.85. The largest absolute Gasteiger partial charge is 0.298 e. The van der Waals surface area contributed by atoms with Crippen LogP contribution in [0.3, 0.4) is 0 Å². The lowest BCUT2D eigenvalue weighted by Crippen LogP contribution is -1.92. The molecule has 2 heteroatoms. The highest BCUT2D eigenvalue weighted by Gasteiger charge is 2.00. The first kappa shape index (κ1) is 8.65. The fourth-order valence-electron chi connectivity index (χ4n) is 1.05. The van der Waals surface area contributed by atoms with Crippen molar-refractivity contribution in [3.05, 3.63) is 34.9 Å². The van der Waals surface area contributed by atoms with Gasteiger partial charge in [0, 0.05) is 11.1 Å². The van der Waals surface area contributed by atoms with E-state index >= 15 is 0 Å². The molecule has 0 saturated heterocycles. The van der Waals surface area contributed by atoms with E-state index in [1.54, 1.807) is 12.1 Å². The Hall–Kier alpha value is -1.44. The van der Waals surface area contributed by atoms with Gasteiger partial charge in [-0.3, -0.25) is 9.59 Å². The van der Waals surface area contributed by atoms with Gasteiger partial charge in [-0.15, -0.1) is 0 Å². The Balaban J connectivity index is 3.18. The molecule has 0 bridgehead atoms. The molecule has 0 atom stereocenters. The molecule has 0 amide bonds. The van der Waals surface area contributed by atoms with E-state index < -0.39 is 0 Å². The molecule has 0 unspecified atom stereocenters. The molecule has 0 heterocycles. The zero-order valence-corrected chi connectivity index (χ0v) is 6.91. The molecule has 0 aliphatic rings. The van der Waals surface area contributed by atoms with E-state index in [9.17, 15) is 9.59 Å². The van der Waals surface area contributed by atoms with Crippen molar-refractivity contribution >= 4 is 12.6 Å². The maximum absolute atomic E-state index is 10.5. The Bertz CT molecular complexity index is 303. The summed E-state index contributed by atoms with van der Waals surface area (Å²) in [4.78, 5) is 20.9. The standard InChI is InChI=1S/C10H10O2/c1-2-8-3-4-9(6-11)10(5-8)7-12/h3-7H,2H2,1H3. The highest BCUT2D eigenvalue weighted by Crippen LogP contribution is 2.08. The Kier molecular flexibility index (Phi) is 2.75. The number of hydrogen-bond donors (Lipinski definition) is 0. The molecule has 0 saturated carbocycles. The number of carbonyl (C=O) groups excluding carboxylic acids is 2. The first-order valence-electron chi connectivity index (χ1n) is 3.85. The fraction of sp³-hybridized carbons (Fsp3) is 0.200. The smallest absolute Gasteiger partial charge is 0.150 e. The van der Waals surface area contributed by atoms with Crippen LogP contribution in [0.15, 0.2) is 18.2 Å². The van der Waals surface area contributed by atoms with Gasteiger partial charge in [0.05, 0.1) is 0 Å². The van der Waals surface area contributed by atoms with E-state index in [1.165, 1.54) is 0 Å². The van der Waals surface area contributed by atoms with Crippen molar-refractivity contribution in [2.75, 3.05) is 0 Å². The summed E-state index contributed by atoms with van der Waals surface area (Å²) < 4.78 is 0. The quantitative estimate of drug-likeness (QED) is 0.636. The van der Waals surface area contributed by atoms with Crippen molar-refractivity contribution in [1.29, 1.82) is 0 Å². The molecule has 62 valence electrons. The van der Waals surface area contributed by atoms with Crippen LogP contribution in [0.2, 0.25) is 0 Å². The number of aldehydes is 2. The lowest BCUT2D eigenvalue weighted by atomic mass is 10.0. The minimum absolute atomic E-state index is 0.460. The number of rotatable bonds is 3. The minimum atomic E-state index is 0.460. The summed E-state index contributed by atoms with van der Waals surface area (Å²) in [6, 6.07) is 5.28. The van der Waals surface area contributed by atoms with Crippen LogP contribution >= 0.6 is 0 Å². The highest BCUT2D eigenvalue weighted by molar-refractivity contribution is 5.90. The first-order chi connectivity index (χ1) is 5.81. The molecule has 0 aliphatic heterocycles. The lowest BCUT2D eigenvalue weighted by Gasteiger charge is -1.99. The van der Waals surface area contributed by atoms with Crippen LogP contribution in [0.5, 0.6) is 0 Å². The molecule has 0 aromatic heterocycles. The number of carbonyl (C=O) groups is 2. The predicted octanol–water partition coefficient (Wildman–Crippen LogP) is 1.87. The Morgan fingerprint density at radius 2 is 1.83 bits per heavy atom. The summed E-state index contributed by atoms with van der Waals surface area (Å²) in [5.74, 6) is 0. The molecule has 0 fully saturated rings. The zero-order valence-electron chi connectivity index (χ0n) is 6.91. The van der Waals surface area contributed by atoms with Crippen molar-refractivity contribution in [3.8, 4) is 0 Å². The van der Waals surface area contributed by atoms with Crippen LogP contribution < -0.4 is 0 Å². The van der Waals surface area contributed by atoms with Gasteiger partial charge in [-0.2, -0.15) is 0 Å². The highest BCUT2D eigenvalue weighted by atomic mass is 16.1. The normalized spacial score (nSPS) is 9.42. The van der Waals surface area contributed by atoms with E-state index in [2.05, 4.69) is 0 Å². The Morgan fingerprint density at radius 3 is 2.33 bits per heavy atom. The summed E-state index contributed by atoms with van der Waals surface area (Å²) in [7, 11) is 0. The molecule has 2 nitrogen and oxygen atoms in total. The van der Waals surface area contributed by atoms with Gasteiger partial charge in [-0.05, 0) is 18.1 Å². The molecule has 1 rings (SSSR count). The van der Waals surface area contributed by atoms with Gasteiger partial charge in [0.25, 0.3) is 0 Å². The van der Waals surface area contributed by atoms with Gasteiger partial charge in [0.15, 0.2) is 12.6 Å². The van der Waals surface area contributed by atoms with Crippen molar-refractivity contribution in [1.82, 2.24) is 0 Å². The fourth-order valence-corrected chi connectivity index (χ4v) is 1.05. The second kappa shape index (κ2) is 3.81. The van der Waals surface area contributed by atoms with E-state index in [-0.39, 0.29) is 0 Å². The summed E-state index contributed by atoms with van der Waals surface area (Å²) in [6.45, 7) is 2.00. The molecule has 0 radical (unpaired) electrons. The van der Waals surface area contributed by atoms with Crippen molar-refractivity contribution in [3.63, 3.8) is 0 Å². The van der Waals surface area contributed by atoms with Crippen LogP contribution in [0.25, 0.3) is 0 Å². The van der Waals surface area contributed by atoms with E-state index in [0.717, 1.165) is 12.0 Å². The molecule has 1 aromatic carbocycles. The monoisotopic (exact) mass is 162 g/mol. The van der Waals surface area contributed by atoms with Gasteiger partial charge < -0.3 is 0 Å². The summed E-state index contributed by atoms with van der Waals surface area (Å²) in [6.07, 6.45) is 2.28. The van der Waals surface area contributed by atoms with Crippen LogP contribution in [-0.4, -0.2) is 12.6 Å². The molecule has 1 aromatic rings. The maximum atomic E-state index is 10.5. The summed E-state index contributed by atoms with van der Waals surface area (Å²) in [5, 5.41) is 0. The Labute approximate surface area is 71.2 Å². The molecule has 0 aliphatic carbocycles. The van der Waals surface area contributed by atoms with Crippen molar-refractivity contribution < 1.29 is 9.59 Å². The molecular weight excluding hydrogens is 152 g/mol. The van der Waals surface area contributed by atoms with Crippen LogP contribution in [-0.2, 0) is 6.42 Å². The predicted molar refractivity (Wildman–Crippen MR) is 46.6 cm³/mol.